The summed E-state index contributed by atoms with van der Waals surface area (Å²) in [5, 5.41) is 0. The minimum atomic E-state index is 0.221. The lowest BCUT2D eigenvalue weighted by atomic mass is 9.90. The molecule has 0 amide bonds. The Morgan fingerprint density at radius 3 is 2.47 bits per heavy atom. The third-order valence-corrected chi connectivity index (χ3v) is 5.28. The zero-order chi connectivity index (χ0) is 13.9. The number of likely N-dealkylation sites (tertiary alicyclic amines) is 2. The highest BCUT2D eigenvalue weighted by Gasteiger charge is 2.38. The van der Waals surface area contributed by atoms with Crippen molar-refractivity contribution >= 4 is 0 Å². The monoisotopic (exact) mass is 267 g/mol. The van der Waals surface area contributed by atoms with Crippen LogP contribution in [0.2, 0.25) is 0 Å². The van der Waals surface area contributed by atoms with Crippen LogP contribution < -0.4 is 5.73 Å². The molecule has 0 aromatic heterocycles. The van der Waals surface area contributed by atoms with Gasteiger partial charge in [-0.15, -0.1) is 0 Å². The number of nitrogens with zero attached hydrogens (tertiary/aromatic N) is 2. The van der Waals surface area contributed by atoms with E-state index >= 15 is 0 Å². The fraction of sp³-hybridized carbons (Fsp3) is 1.00. The van der Waals surface area contributed by atoms with Crippen LogP contribution in [0.15, 0.2) is 0 Å². The molecule has 3 heteroatoms. The van der Waals surface area contributed by atoms with Gasteiger partial charge in [-0.25, -0.2) is 0 Å². The third-order valence-electron chi connectivity index (χ3n) is 5.28. The molecule has 2 aliphatic heterocycles. The molecule has 0 bridgehead atoms. The number of nitrogens with two attached hydrogens (primary N) is 1. The van der Waals surface area contributed by atoms with Crippen LogP contribution >= 0.6 is 0 Å². The molecule has 2 N–H and O–H groups in total. The average Bonchev–Trinajstić information content (AvgIpc) is 3.05. The van der Waals surface area contributed by atoms with Gasteiger partial charge in [-0.3, -0.25) is 9.80 Å². The van der Waals surface area contributed by atoms with Crippen molar-refractivity contribution in [1.82, 2.24) is 9.80 Å². The molecule has 2 fully saturated rings. The lowest BCUT2D eigenvalue weighted by Crippen LogP contribution is -2.51. The Labute approximate surface area is 119 Å². The molecule has 2 rings (SSSR count). The van der Waals surface area contributed by atoms with Gasteiger partial charge >= 0.3 is 0 Å². The number of hydrogen-bond acceptors (Lipinski definition) is 3. The van der Waals surface area contributed by atoms with Crippen molar-refractivity contribution < 1.29 is 0 Å². The molecule has 0 saturated carbocycles. The predicted octanol–water partition coefficient (Wildman–Crippen LogP) is 2.31. The van der Waals surface area contributed by atoms with Crippen LogP contribution in [-0.4, -0.2) is 54.1 Å². The first kappa shape index (κ1) is 15.3. The van der Waals surface area contributed by atoms with E-state index in [4.69, 9.17) is 5.73 Å². The largest absolute Gasteiger partial charge is 0.329 e. The molecule has 0 aliphatic carbocycles. The molecule has 0 radical (unpaired) electrons. The highest BCUT2D eigenvalue weighted by molar-refractivity contribution is 4.95. The van der Waals surface area contributed by atoms with Gasteiger partial charge in [0.1, 0.15) is 0 Å². The molecule has 0 aromatic carbocycles. The molecular formula is C16H33N3. The fourth-order valence-electron chi connectivity index (χ4n) is 3.63. The first-order valence-corrected chi connectivity index (χ1v) is 8.24. The van der Waals surface area contributed by atoms with Crippen LogP contribution in [0.4, 0.5) is 0 Å². The van der Waals surface area contributed by atoms with E-state index in [0.29, 0.717) is 0 Å². The minimum Gasteiger partial charge on any atom is -0.329 e. The van der Waals surface area contributed by atoms with E-state index in [1.54, 1.807) is 0 Å². The fourth-order valence-corrected chi connectivity index (χ4v) is 3.63. The SMILES string of the molecule is CC(C)CCC(C)(CN)N1CCC(N2CCCC2)C1. The second kappa shape index (κ2) is 6.55. The van der Waals surface area contributed by atoms with Crippen molar-refractivity contribution in [2.75, 3.05) is 32.7 Å². The molecular weight excluding hydrogens is 234 g/mol. The maximum Gasteiger partial charge on any atom is 0.0304 e. The van der Waals surface area contributed by atoms with E-state index in [9.17, 15) is 0 Å². The maximum atomic E-state index is 6.12. The molecule has 2 unspecified atom stereocenters. The zero-order valence-electron chi connectivity index (χ0n) is 13.2. The second-order valence-electron chi connectivity index (χ2n) is 7.27. The molecule has 2 saturated heterocycles. The summed E-state index contributed by atoms with van der Waals surface area (Å²) >= 11 is 0. The van der Waals surface area contributed by atoms with Gasteiger partial charge in [-0.2, -0.15) is 0 Å². The van der Waals surface area contributed by atoms with Gasteiger partial charge in [0.15, 0.2) is 0 Å². The Morgan fingerprint density at radius 2 is 1.89 bits per heavy atom. The smallest absolute Gasteiger partial charge is 0.0304 e. The third kappa shape index (κ3) is 3.71. The van der Waals surface area contributed by atoms with E-state index in [-0.39, 0.29) is 5.54 Å². The molecule has 2 aliphatic rings. The van der Waals surface area contributed by atoms with Crippen molar-refractivity contribution in [3.63, 3.8) is 0 Å². The van der Waals surface area contributed by atoms with Crippen molar-refractivity contribution in [3.05, 3.63) is 0 Å². The van der Waals surface area contributed by atoms with Gasteiger partial charge < -0.3 is 5.73 Å². The molecule has 112 valence electrons. The van der Waals surface area contributed by atoms with E-state index < -0.39 is 0 Å². The first-order valence-electron chi connectivity index (χ1n) is 8.24. The molecule has 3 nitrogen and oxygen atoms in total. The molecule has 2 heterocycles. The molecule has 19 heavy (non-hydrogen) atoms. The highest BCUT2D eigenvalue weighted by atomic mass is 15.3. The van der Waals surface area contributed by atoms with E-state index in [2.05, 4.69) is 30.6 Å². The van der Waals surface area contributed by atoms with E-state index in [1.165, 1.54) is 58.3 Å². The summed E-state index contributed by atoms with van der Waals surface area (Å²) in [4.78, 5) is 5.39. The Balaban J connectivity index is 1.89. The Kier molecular flexibility index (Phi) is 5.27. The summed E-state index contributed by atoms with van der Waals surface area (Å²) in [5.74, 6) is 0.780. The van der Waals surface area contributed by atoms with Gasteiger partial charge in [0.2, 0.25) is 0 Å². The van der Waals surface area contributed by atoms with Gasteiger partial charge in [0, 0.05) is 31.2 Å². The first-order chi connectivity index (χ1) is 9.05. The predicted molar refractivity (Wildman–Crippen MR) is 82.3 cm³/mol. The van der Waals surface area contributed by atoms with Crippen LogP contribution in [0.25, 0.3) is 0 Å². The summed E-state index contributed by atoms with van der Waals surface area (Å²) in [7, 11) is 0. The quantitative estimate of drug-likeness (QED) is 0.801. The topological polar surface area (TPSA) is 32.5 Å². The summed E-state index contributed by atoms with van der Waals surface area (Å²) in [6.07, 6.45) is 6.68. The van der Waals surface area contributed by atoms with Gasteiger partial charge in [0.25, 0.3) is 0 Å². The lowest BCUT2D eigenvalue weighted by Gasteiger charge is -2.39. The van der Waals surface area contributed by atoms with E-state index in [1.807, 2.05) is 0 Å². The van der Waals surface area contributed by atoms with Crippen molar-refractivity contribution in [3.8, 4) is 0 Å². The second-order valence-corrected chi connectivity index (χ2v) is 7.27. The zero-order valence-corrected chi connectivity index (χ0v) is 13.2. The van der Waals surface area contributed by atoms with Gasteiger partial charge in [0.05, 0.1) is 0 Å². The van der Waals surface area contributed by atoms with Crippen LogP contribution in [-0.2, 0) is 0 Å². The summed E-state index contributed by atoms with van der Waals surface area (Å²) in [6.45, 7) is 12.9. The molecule has 2 atom stereocenters. The minimum absolute atomic E-state index is 0.221. The molecule has 0 aromatic rings. The standard InChI is InChI=1S/C16H33N3/c1-14(2)6-8-16(3,13-17)19-11-7-15(12-19)18-9-4-5-10-18/h14-15H,4-13,17H2,1-3H3. The van der Waals surface area contributed by atoms with Crippen LogP contribution in [0.5, 0.6) is 0 Å². The van der Waals surface area contributed by atoms with E-state index in [0.717, 1.165) is 18.5 Å². The van der Waals surface area contributed by atoms with Crippen LogP contribution in [0, 0.1) is 5.92 Å². The summed E-state index contributed by atoms with van der Waals surface area (Å²) in [5.41, 5.74) is 6.34. The summed E-state index contributed by atoms with van der Waals surface area (Å²) < 4.78 is 0. The number of rotatable bonds is 6. The average molecular weight is 267 g/mol. The Morgan fingerprint density at radius 1 is 1.21 bits per heavy atom. The normalized spacial score (nSPS) is 29.2. The number of hydrogen-bond donors (Lipinski definition) is 1. The van der Waals surface area contributed by atoms with Crippen LogP contribution in [0.3, 0.4) is 0 Å². The van der Waals surface area contributed by atoms with Crippen molar-refractivity contribution in [2.45, 2.75) is 64.5 Å². The van der Waals surface area contributed by atoms with Crippen LogP contribution in [0.1, 0.15) is 52.9 Å². The Bertz CT molecular complexity index is 273. The lowest BCUT2D eigenvalue weighted by molar-refractivity contribution is 0.112. The highest BCUT2D eigenvalue weighted by Crippen LogP contribution is 2.29. The molecule has 0 spiro atoms. The van der Waals surface area contributed by atoms with Gasteiger partial charge in [-0.05, 0) is 58.0 Å². The van der Waals surface area contributed by atoms with Crippen molar-refractivity contribution in [1.29, 1.82) is 0 Å². The Hall–Kier alpha value is -0.120. The summed E-state index contributed by atoms with van der Waals surface area (Å²) in [6, 6.07) is 0.799. The maximum absolute atomic E-state index is 6.12. The van der Waals surface area contributed by atoms with Gasteiger partial charge in [-0.1, -0.05) is 13.8 Å². The van der Waals surface area contributed by atoms with Crippen molar-refractivity contribution in [2.24, 2.45) is 11.7 Å².